The fraction of sp³-hybridized carbons (Fsp3) is 0. The fourth-order valence-corrected chi connectivity index (χ4v) is 9.20. The summed E-state index contributed by atoms with van der Waals surface area (Å²) in [6.07, 6.45) is 0. The zero-order valence-corrected chi connectivity index (χ0v) is 28.2. The summed E-state index contributed by atoms with van der Waals surface area (Å²) in [6.45, 7) is 0. The van der Waals surface area contributed by atoms with Gasteiger partial charge in [0.05, 0.1) is 33.0 Å². The van der Waals surface area contributed by atoms with Crippen molar-refractivity contribution in [1.82, 2.24) is 18.9 Å². The van der Waals surface area contributed by atoms with Gasteiger partial charge in [-0.15, -0.1) is 0 Å². The first-order valence-electron chi connectivity index (χ1n) is 18.0. The van der Waals surface area contributed by atoms with Gasteiger partial charge >= 0.3 is 0 Å². The quantitative estimate of drug-likeness (QED) is 0.183. The van der Waals surface area contributed by atoms with Gasteiger partial charge in [-0.3, -0.25) is 4.57 Å². The van der Waals surface area contributed by atoms with Crippen LogP contribution >= 0.6 is 0 Å². The van der Waals surface area contributed by atoms with E-state index in [4.69, 9.17) is 14.4 Å². The maximum atomic E-state index is 6.57. The average Bonchev–Trinajstić information content (AvgIpc) is 3.95. The lowest BCUT2D eigenvalue weighted by molar-refractivity contribution is 0.653. The predicted octanol–water partition coefficient (Wildman–Crippen LogP) is 12.6. The highest BCUT2D eigenvalue weighted by molar-refractivity contribution is 6.36. The Bertz CT molecular complexity index is 3700. The molecule has 0 radical (unpaired) electrons. The van der Waals surface area contributed by atoms with Gasteiger partial charge < -0.3 is 8.82 Å². The smallest absolute Gasteiger partial charge is 0.233 e. The molecule has 0 amide bonds. The van der Waals surface area contributed by atoms with Crippen molar-refractivity contribution in [2.24, 2.45) is 0 Å². The number of rotatable bonds is 2. The van der Waals surface area contributed by atoms with Gasteiger partial charge in [-0.05, 0) is 46.5 Å². The molecule has 5 nitrogen and oxygen atoms in total. The number of nitrogens with zero attached hydrogens (tertiary/aromatic N) is 4. The van der Waals surface area contributed by atoms with E-state index < -0.39 is 0 Å². The zero-order chi connectivity index (χ0) is 34.4. The lowest BCUT2D eigenvalue weighted by Crippen LogP contribution is -2.02. The molecule has 0 bridgehead atoms. The molecule has 0 aliphatic heterocycles. The summed E-state index contributed by atoms with van der Waals surface area (Å²) in [4.78, 5) is 10.7. The minimum absolute atomic E-state index is 0.573. The molecular weight excluding hydrogens is 649 g/mol. The Morgan fingerprint density at radius 1 is 0.415 bits per heavy atom. The monoisotopic (exact) mass is 674 g/mol. The summed E-state index contributed by atoms with van der Waals surface area (Å²) < 4.78 is 11.5. The van der Waals surface area contributed by atoms with Gasteiger partial charge in [-0.1, -0.05) is 127 Å². The van der Waals surface area contributed by atoms with Gasteiger partial charge in [0.2, 0.25) is 5.71 Å². The van der Waals surface area contributed by atoms with Crippen molar-refractivity contribution in [2.75, 3.05) is 0 Å². The molecule has 0 aliphatic carbocycles. The topological polar surface area (TPSA) is 48.3 Å². The van der Waals surface area contributed by atoms with Gasteiger partial charge in [-0.2, -0.15) is 4.98 Å². The Morgan fingerprint density at radius 3 is 1.98 bits per heavy atom. The summed E-state index contributed by atoms with van der Waals surface area (Å²) in [5, 5.41) is 14.0. The second-order valence-corrected chi connectivity index (χ2v) is 14.1. The van der Waals surface area contributed by atoms with Crippen LogP contribution in [0.5, 0.6) is 0 Å². The van der Waals surface area contributed by atoms with Gasteiger partial charge in [0, 0.05) is 48.7 Å². The van der Waals surface area contributed by atoms with E-state index in [-0.39, 0.29) is 0 Å². The second kappa shape index (κ2) is 9.75. The van der Waals surface area contributed by atoms with Crippen LogP contribution in [-0.4, -0.2) is 18.9 Å². The highest BCUT2D eigenvalue weighted by atomic mass is 16.3. The van der Waals surface area contributed by atoms with E-state index >= 15 is 0 Å². The highest BCUT2D eigenvalue weighted by Gasteiger charge is 2.27. The van der Waals surface area contributed by atoms with Crippen LogP contribution in [0, 0.1) is 0 Å². The minimum atomic E-state index is 0.573. The standard InChI is InChI=1S/C48H26N4O/c1-2-13-29-25-30(22-21-27(29)11-1)46-49-47(42-35-17-7-10-20-40(35)53-48(42)50-46)52-38-18-8-5-15-32(38)36-26-37-33-24-23-28-12-3-4-14-31(28)43(33)51-39-19-9-6-16-34(39)41(44(37)51)45(36)52/h1-26H. The van der Waals surface area contributed by atoms with Crippen molar-refractivity contribution in [3.8, 4) is 17.2 Å². The number of hydrogen-bond acceptors (Lipinski definition) is 3. The largest absolute Gasteiger partial charge is 0.437 e. The van der Waals surface area contributed by atoms with Crippen LogP contribution in [0.1, 0.15) is 0 Å². The lowest BCUT2D eigenvalue weighted by atomic mass is 10.0. The van der Waals surface area contributed by atoms with Gasteiger partial charge in [0.1, 0.15) is 5.58 Å². The normalized spacial score (nSPS) is 12.5. The van der Waals surface area contributed by atoms with E-state index in [9.17, 15) is 0 Å². The molecule has 0 unspecified atom stereocenters. The maximum absolute atomic E-state index is 6.57. The lowest BCUT2D eigenvalue weighted by Gasteiger charge is -2.12. The summed E-state index contributed by atoms with van der Waals surface area (Å²) in [7, 11) is 0. The third-order valence-electron chi connectivity index (χ3n) is 11.4. The predicted molar refractivity (Wildman–Crippen MR) is 219 cm³/mol. The summed E-state index contributed by atoms with van der Waals surface area (Å²) in [6, 6.07) is 56.4. The Morgan fingerprint density at radius 2 is 1.09 bits per heavy atom. The van der Waals surface area contributed by atoms with Crippen molar-refractivity contribution < 1.29 is 4.42 Å². The van der Waals surface area contributed by atoms with Crippen molar-refractivity contribution in [2.45, 2.75) is 0 Å². The summed E-state index contributed by atoms with van der Waals surface area (Å²) in [5.74, 6) is 1.43. The Kier molecular flexibility index (Phi) is 5.06. The van der Waals surface area contributed by atoms with Crippen molar-refractivity contribution in [3.05, 3.63) is 158 Å². The van der Waals surface area contributed by atoms with E-state index in [1.807, 2.05) is 12.1 Å². The summed E-state index contributed by atoms with van der Waals surface area (Å²) in [5.41, 5.74) is 8.20. The van der Waals surface area contributed by atoms with E-state index in [0.29, 0.717) is 11.5 Å². The number of hydrogen-bond donors (Lipinski definition) is 0. The SMILES string of the molecule is c1ccc2cc(-c3nc(-n4c5ccccc5c5cc6c7ccc8ccccc8c7n7c8ccccc8c(c54)c67)c4c(n3)oc3ccccc34)ccc2c1. The molecular formula is C48H26N4O. The molecule has 0 N–H and O–H groups in total. The number of benzene rings is 8. The molecule has 0 fully saturated rings. The van der Waals surface area contributed by atoms with Gasteiger partial charge in [0.25, 0.3) is 0 Å². The van der Waals surface area contributed by atoms with Crippen LogP contribution in [0.4, 0.5) is 0 Å². The molecule has 8 aromatic carbocycles. The molecule has 13 aromatic rings. The molecule has 5 heteroatoms. The van der Waals surface area contributed by atoms with Crippen LogP contribution in [-0.2, 0) is 0 Å². The molecule has 5 heterocycles. The van der Waals surface area contributed by atoms with Crippen LogP contribution in [0.3, 0.4) is 0 Å². The van der Waals surface area contributed by atoms with Crippen LogP contribution in [0.25, 0.3) is 121 Å². The molecule has 244 valence electrons. The molecule has 0 atom stereocenters. The average molecular weight is 675 g/mol. The van der Waals surface area contributed by atoms with E-state index in [1.54, 1.807) is 0 Å². The molecule has 0 saturated carbocycles. The minimum Gasteiger partial charge on any atom is -0.437 e. The third kappa shape index (κ3) is 3.46. The van der Waals surface area contributed by atoms with Gasteiger partial charge in [-0.25, -0.2) is 4.98 Å². The Hall–Kier alpha value is -7.24. The van der Waals surface area contributed by atoms with Crippen molar-refractivity contribution in [3.63, 3.8) is 0 Å². The van der Waals surface area contributed by atoms with Crippen LogP contribution < -0.4 is 0 Å². The molecule has 13 rings (SSSR count). The van der Waals surface area contributed by atoms with E-state index in [2.05, 4.69) is 155 Å². The summed E-state index contributed by atoms with van der Waals surface area (Å²) >= 11 is 0. The first-order valence-corrected chi connectivity index (χ1v) is 18.0. The first-order chi connectivity index (χ1) is 26.3. The van der Waals surface area contributed by atoms with E-state index in [1.165, 1.54) is 65.0 Å². The van der Waals surface area contributed by atoms with Crippen molar-refractivity contribution in [1.29, 1.82) is 0 Å². The van der Waals surface area contributed by atoms with Crippen LogP contribution in [0.2, 0.25) is 0 Å². The molecule has 0 saturated heterocycles. The molecule has 5 aromatic heterocycles. The first kappa shape index (κ1) is 27.5. The number of para-hydroxylation sites is 3. The number of fused-ring (bicyclic) bond motifs is 16. The highest BCUT2D eigenvalue weighted by Crippen LogP contribution is 2.48. The molecule has 0 aliphatic rings. The van der Waals surface area contributed by atoms with E-state index in [0.717, 1.165) is 44.2 Å². The van der Waals surface area contributed by atoms with Crippen LogP contribution in [0.15, 0.2) is 162 Å². The third-order valence-corrected chi connectivity index (χ3v) is 11.4. The fourth-order valence-electron chi connectivity index (χ4n) is 9.20. The molecule has 53 heavy (non-hydrogen) atoms. The Labute approximate surface area is 300 Å². The number of aromatic nitrogens is 4. The Balaban J connectivity index is 1.27. The van der Waals surface area contributed by atoms with Gasteiger partial charge in [0.15, 0.2) is 11.6 Å². The van der Waals surface area contributed by atoms with Crippen molar-refractivity contribution >= 4 is 104 Å². The zero-order valence-electron chi connectivity index (χ0n) is 28.2. The maximum Gasteiger partial charge on any atom is 0.233 e. The molecule has 0 spiro atoms. The number of furan rings is 1. The second-order valence-electron chi connectivity index (χ2n) is 14.1.